The molecule has 0 radical (unpaired) electrons. The summed E-state index contributed by atoms with van der Waals surface area (Å²) in [7, 11) is 1.57. The van der Waals surface area contributed by atoms with E-state index in [-0.39, 0.29) is 6.42 Å². The second-order valence-electron chi connectivity index (χ2n) is 10.1. The number of aliphatic hydroxyl groups is 1. The number of carboxylic acid groups (broad SMARTS) is 1. The van der Waals surface area contributed by atoms with E-state index in [9.17, 15) is 23.8 Å². The molecule has 210 valence electrons. The molecule has 4 rings (SSSR count). The fraction of sp³-hybridized carbons (Fsp3) is 0.448. The number of aromatic nitrogens is 1. The summed E-state index contributed by atoms with van der Waals surface area (Å²) in [5.74, 6) is -1.19. The molecule has 2 aromatic carbocycles. The van der Waals surface area contributed by atoms with Gasteiger partial charge in [0.1, 0.15) is 5.75 Å². The third-order valence-corrected chi connectivity index (χ3v) is 9.01. The summed E-state index contributed by atoms with van der Waals surface area (Å²) < 4.78 is 32.6. The molecule has 3 aromatic rings. The summed E-state index contributed by atoms with van der Waals surface area (Å²) in [6, 6.07) is 9.62. The molecule has 1 aromatic heterocycles. The number of piperidine rings is 1. The van der Waals surface area contributed by atoms with E-state index in [0.29, 0.717) is 63.6 Å². The van der Waals surface area contributed by atoms with Crippen molar-refractivity contribution in [1.82, 2.24) is 9.88 Å². The number of halogens is 3. The van der Waals surface area contributed by atoms with Gasteiger partial charge in [-0.1, -0.05) is 17.7 Å². The number of aliphatic hydroxyl groups excluding tert-OH is 1. The van der Waals surface area contributed by atoms with Crippen LogP contribution in [-0.4, -0.2) is 58.6 Å². The fourth-order valence-corrected chi connectivity index (χ4v) is 6.54. The number of nitrogens with zero attached hydrogens (tertiary/aromatic N) is 2. The lowest BCUT2D eigenvalue weighted by Crippen LogP contribution is -2.41. The maximum atomic E-state index is 13.9. The first-order valence-electron chi connectivity index (χ1n) is 13.0. The predicted molar refractivity (Wildman–Crippen MR) is 150 cm³/mol. The van der Waals surface area contributed by atoms with Crippen LogP contribution in [-0.2, 0) is 4.79 Å². The number of pyridine rings is 1. The number of fused-ring (bicyclic) bond motifs is 1. The molecule has 0 amide bonds. The molecule has 0 aliphatic carbocycles. The maximum Gasteiger partial charge on any atom is 0.303 e. The van der Waals surface area contributed by atoms with Gasteiger partial charge >= 0.3 is 5.97 Å². The Hall–Kier alpha value is -2.46. The zero-order valence-corrected chi connectivity index (χ0v) is 23.4. The fourth-order valence-electron chi connectivity index (χ4n) is 5.37. The molecule has 1 saturated heterocycles. The van der Waals surface area contributed by atoms with Gasteiger partial charge in [0.25, 0.3) is 0 Å². The van der Waals surface area contributed by atoms with Gasteiger partial charge in [-0.3, -0.25) is 9.78 Å². The number of carbonyl (C=O) groups is 1. The van der Waals surface area contributed by atoms with Crippen LogP contribution in [0, 0.1) is 17.0 Å². The van der Waals surface area contributed by atoms with Gasteiger partial charge in [0, 0.05) is 22.0 Å². The van der Waals surface area contributed by atoms with Crippen molar-refractivity contribution in [3.63, 3.8) is 0 Å². The number of rotatable bonds is 12. The van der Waals surface area contributed by atoms with Crippen LogP contribution in [0.15, 0.2) is 47.5 Å². The summed E-state index contributed by atoms with van der Waals surface area (Å²) in [4.78, 5) is 18.7. The van der Waals surface area contributed by atoms with E-state index in [1.807, 2.05) is 6.07 Å². The first-order chi connectivity index (χ1) is 18.7. The van der Waals surface area contributed by atoms with Crippen LogP contribution >= 0.6 is 23.4 Å². The average Bonchev–Trinajstić information content (AvgIpc) is 2.92. The molecule has 1 aliphatic rings. The molecule has 1 atom stereocenters. The number of ether oxygens (including phenoxy) is 1. The van der Waals surface area contributed by atoms with Crippen molar-refractivity contribution in [2.45, 2.75) is 49.5 Å². The van der Waals surface area contributed by atoms with Crippen molar-refractivity contribution < 1.29 is 28.5 Å². The standard InChI is InChI=1S/C29H33ClF2N2O4S/c1-38-19-6-7-23-20(16-19)27(21(30)18-33-23)24(35)8-9-29(17-26(36)37)10-13-34(14-11-29)12-3-15-39-25-5-2-4-22(31)28(25)32/h2,4-7,16,18,24,35H,3,8-15,17H2,1H3,(H,36,37)/t24-/m0/s1. The van der Waals surface area contributed by atoms with Crippen molar-refractivity contribution in [2.75, 3.05) is 32.5 Å². The van der Waals surface area contributed by atoms with Gasteiger partial charge in [-0.15, -0.1) is 11.8 Å². The molecule has 2 N–H and O–H groups in total. The number of hydrogen-bond donors (Lipinski definition) is 2. The van der Waals surface area contributed by atoms with Gasteiger partial charge in [0.2, 0.25) is 0 Å². The molecule has 0 saturated carbocycles. The van der Waals surface area contributed by atoms with E-state index in [1.54, 1.807) is 25.3 Å². The topological polar surface area (TPSA) is 82.9 Å². The minimum Gasteiger partial charge on any atom is -0.497 e. The van der Waals surface area contributed by atoms with Crippen LogP contribution in [0.2, 0.25) is 5.02 Å². The molecule has 39 heavy (non-hydrogen) atoms. The lowest BCUT2D eigenvalue weighted by Gasteiger charge is -2.41. The average molecular weight is 579 g/mol. The predicted octanol–water partition coefficient (Wildman–Crippen LogP) is 6.73. The van der Waals surface area contributed by atoms with Crippen LogP contribution in [0.5, 0.6) is 5.75 Å². The van der Waals surface area contributed by atoms with Crippen LogP contribution < -0.4 is 4.74 Å². The van der Waals surface area contributed by atoms with Crippen LogP contribution in [0.1, 0.15) is 50.2 Å². The van der Waals surface area contributed by atoms with Crippen LogP contribution in [0.25, 0.3) is 10.9 Å². The SMILES string of the molecule is COc1ccc2ncc(Cl)c([C@@H](O)CCC3(CC(=O)O)CCN(CCCSc4cccc(F)c4F)CC3)c2c1. The highest BCUT2D eigenvalue weighted by Crippen LogP contribution is 2.43. The summed E-state index contributed by atoms with van der Waals surface area (Å²) in [5, 5.41) is 21.9. The van der Waals surface area contributed by atoms with Crippen LogP contribution in [0.4, 0.5) is 8.78 Å². The summed E-state index contributed by atoms with van der Waals surface area (Å²) >= 11 is 7.77. The van der Waals surface area contributed by atoms with Crippen molar-refractivity contribution in [3.8, 4) is 5.75 Å². The molecule has 1 fully saturated rings. The summed E-state index contributed by atoms with van der Waals surface area (Å²) in [5.41, 5.74) is 0.854. The Morgan fingerprint density at radius 1 is 1.26 bits per heavy atom. The smallest absolute Gasteiger partial charge is 0.303 e. The third kappa shape index (κ3) is 7.39. The van der Waals surface area contributed by atoms with E-state index in [4.69, 9.17) is 16.3 Å². The van der Waals surface area contributed by atoms with Gasteiger partial charge < -0.3 is 19.8 Å². The normalized spacial score (nSPS) is 16.3. The Morgan fingerprint density at radius 2 is 2.03 bits per heavy atom. The number of thioether (sulfide) groups is 1. The molecule has 2 heterocycles. The zero-order chi connectivity index (χ0) is 28.0. The van der Waals surface area contributed by atoms with Gasteiger partial charge in [0.15, 0.2) is 11.6 Å². The first-order valence-corrected chi connectivity index (χ1v) is 14.4. The van der Waals surface area contributed by atoms with E-state index >= 15 is 0 Å². The van der Waals surface area contributed by atoms with Crippen molar-refractivity contribution in [2.24, 2.45) is 5.41 Å². The van der Waals surface area contributed by atoms with Crippen molar-refractivity contribution >= 4 is 40.2 Å². The van der Waals surface area contributed by atoms with Gasteiger partial charge in [0.05, 0.1) is 30.2 Å². The highest BCUT2D eigenvalue weighted by atomic mass is 35.5. The molecule has 0 spiro atoms. The maximum absolute atomic E-state index is 13.9. The number of hydrogen-bond acceptors (Lipinski definition) is 6. The van der Waals surface area contributed by atoms with Gasteiger partial charge in [-0.2, -0.15) is 0 Å². The highest BCUT2D eigenvalue weighted by Gasteiger charge is 2.37. The number of benzene rings is 2. The monoisotopic (exact) mass is 578 g/mol. The third-order valence-electron chi connectivity index (χ3n) is 7.58. The minimum absolute atomic E-state index is 0.0426. The summed E-state index contributed by atoms with van der Waals surface area (Å²) in [6.45, 7) is 2.30. The number of methoxy groups -OCH3 is 1. The van der Waals surface area contributed by atoms with E-state index < -0.39 is 29.1 Å². The highest BCUT2D eigenvalue weighted by molar-refractivity contribution is 7.99. The van der Waals surface area contributed by atoms with Crippen molar-refractivity contribution in [3.05, 3.63) is 64.8 Å². The minimum atomic E-state index is -0.876. The Bertz CT molecular complexity index is 1300. The van der Waals surface area contributed by atoms with E-state index in [1.165, 1.54) is 24.0 Å². The number of likely N-dealkylation sites (tertiary alicyclic amines) is 1. The Morgan fingerprint density at radius 3 is 2.74 bits per heavy atom. The molecular weight excluding hydrogens is 546 g/mol. The largest absolute Gasteiger partial charge is 0.497 e. The second-order valence-corrected chi connectivity index (χ2v) is 11.7. The lowest BCUT2D eigenvalue weighted by molar-refractivity contribution is -0.141. The number of aliphatic carboxylic acids is 1. The van der Waals surface area contributed by atoms with Crippen LogP contribution in [0.3, 0.4) is 0 Å². The molecule has 0 bridgehead atoms. The Balaban J connectivity index is 1.35. The Labute approximate surface area is 236 Å². The van der Waals surface area contributed by atoms with Crippen molar-refractivity contribution in [1.29, 1.82) is 0 Å². The summed E-state index contributed by atoms with van der Waals surface area (Å²) in [6.07, 6.45) is 3.84. The molecule has 1 aliphatic heterocycles. The molecule has 10 heteroatoms. The molecular formula is C29H33ClF2N2O4S. The number of carboxylic acids is 1. The second kappa shape index (κ2) is 13.3. The zero-order valence-electron chi connectivity index (χ0n) is 21.8. The first kappa shape index (κ1) is 29.5. The van der Waals surface area contributed by atoms with Gasteiger partial charge in [-0.25, -0.2) is 8.78 Å². The molecule has 0 unspecified atom stereocenters. The Kier molecular flexibility index (Phi) is 10.0. The lowest BCUT2D eigenvalue weighted by atomic mass is 9.71. The van der Waals surface area contributed by atoms with E-state index in [2.05, 4.69) is 9.88 Å². The van der Waals surface area contributed by atoms with E-state index in [0.717, 1.165) is 32.1 Å². The quantitative estimate of drug-likeness (QED) is 0.182. The molecule has 6 nitrogen and oxygen atoms in total. The van der Waals surface area contributed by atoms with Gasteiger partial charge in [-0.05, 0) is 93.2 Å².